The fourth-order valence-corrected chi connectivity index (χ4v) is 4.08. The van der Waals surface area contributed by atoms with Gasteiger partial charge >= 0.3 is 11.7 Å². The van der Waals surface area contributed by atoms with Crippen molar-refractivity contribution in [2.75, 3.05) is 18.0 Å². The molecule has 0 unspecified atom stereocenters. The van der Waals surface area contributed by atoms with Crippen molar-refractivity contribution < 1.29 is 17.9 Å². The molecule has 0 aliphatic heterocycles. The lowest BCUT2D eigenvalue weighted by atomic mass is 10.1. The Kier molecular flexibility index (Phi) is 7.96. The second-order valence-corrected chi connectivity index (χ2v) is 8.60. The van der Waals surface area contributed by atoms with Crippen LogP contribution in [0.5, 0.6) is 11.5 Å². The van der Waals surface area contributed by atoms with Crippen molar-refractivity contribution in [1.29, 1.82) is 0 Å². The minimum Gasteiger partial charge on any atom is -0.449 e. The van der Waals surface area contributed by atoms with E-state index in [-0.39, 0.29) is 11.4 Å². The third-order valence-corrected chi connectivity index (χ3v) is 5.86. The van der Waals surface area contributed by atoms with Crippen LogP contribution in [-0.2, 0) is 6.18 Å². The molecule has 0 saturated carbocycles. The zero-order valence-electron chi connectivity index (χ0n) is 20.7. The van der Waals surface area contributed by atoms with Crippen LogP contribution in [0.3, 0.4) is 0 Å². The number of aromatic nitrogens is 2. The maximum absolute atomic E-state index is 13.6. The van der Waals surface area contributed by atoms with Gasteiger partial charge in [0.1, 0.15) is 11.4 Å². The Labute approximate surface area is 213 Å². The summed E-state index contributed by atoms with van der Waals surface area (Å²) in [4.78, 5) is 15.6. The number of benzene rings is 3. The van der Waals surface area contributed by atoms with Crippen LogP contribution in [0.4, 0.5) is 18.9 Å². The van der Waals surface area contributed by atoms with Gasteiger partial charge < -0.3 is 9.64 Å². The minimum atomic E-state index is -4.47. The highest BCUT2D eigenvalue weighted by Gasteiger charge is 2.30. The maximum Gasteiger partial charge on any atom is 0.416 e. The Morgan fingerprint density at radius 3 is 2.00 bits per heavy atom. The molecule has 3 aromatic carbocycles. The lowest BCUT2D eigenvalue weighted by Gasteiger charge is -2.25. The lowest BCUT2D eigenvalue weighted by molar-refractivity contribution is -0.137. The largest absolute Gasteiger partial charge is 0.449 e. The predicted molar refractivity (Wildman–Crippen MR) is 140 cm³/mol. The third kappa shape index (κ3) is 6.02. The number of hydrogen-bond acceptors (Lipinski definition) is 4. The molecule has 4 aromatic rings. The van der Waals surface area contributed by atoms with Gasteiger partial charge in [-0.3, -0.25) is 4.79 Å². The van der Waals surface area contributed by atoms with Crippen molar-refractivity contribution in [3.63, 3.8) is 0 Å². The SMILES string of the molecule is CCCN(CCC)c1cnn(-c2ccc(C(F)(F)F)cc2)c(=O)c1Oc1ccc(-c2ccccc2)cc1. The van der Waals surface area contributed by atoms with Gasteiger partial charge in [0.2, 0.25) is 5.75 Å². The van der Waals surface area contributed by atoms with Gasteiger partial charge in [-0.15, -0.1) is 0 Å². The highest BCUT2D eigenvalue weighted by molar-refractivity contribution is 5.64. The van der Waals surface area contributed by atoms with E-state index >= 15 is 0 Å². The molecule has 5 nitrogen and oxygen atoms in total. The monoisotopic (exact) mass is 507 g/mol. The van der Waals surface area contributed by atoms with Gasteiger partial charge in [0.05, 0.1) is 17.4 Å². The molecule has 0 N–H and O–H groups in total. The fourth-order valence-electron chi connectivity index (χ4n) is 4.08. The quantitative estimate of drug-likeness (QED) is 0.238. The molecule has 8 heteroatoms. The Hall–Kier alpha value is -4.07. The third-order valence-electron chi connectivity index (χ3n) is 5.86. The lowest BCUT2D eigenvalue weighted by Crippen LogP contribution is -2.30. The molecule has 0 aliphatic rings. The van der Waals surface area contributed by atoms with Gasteiger partial charge in [-0.1, -0.05) is 56.3 Å². The number of rotatable bonds is 9. The Morgan fingerprint density at radius 2 is 1.43 bits per heavy atom. The van der Waals surface area contributed by atoms with E-state index in [1.807, 2.05) is 61.2 Å². The molecule has 192 valence electrons. The second kappa shape index (κ2) is 11.3. The van der Waals surface area contributed by atoms with Gasteiger partial charge in [0.25, 0.3) is 0 Å². The molecule has 0 aliphatic carbocycles. The Balaban J connectivity index is 1.75. The van der Waals surface area contributed by atoms with Gasteiger partial charge in [-0.05, 0) is 60.4 Å². The van der Waals surface area contributed by atoms with Crippen LogP contribution >= 0.6 is 0 Å². The molecule has 4 rings (SSSR count). The van der Waals surface area contributed by atoms with Crippen LogP contribution in [-0.4, -0.2) is 22.9 Å². The summed E-state index contributed by atoms with van der Waals surface area (Å²) in [5, 5.41) is 4.28. The summed E-state index contributed by atoms with van der Waals surface area (Å²) >= 11 is 0. The average Bonchev–Trinajstić information content (AvgIpc) is 2.90. The molecule has 0 spiro atoms. The first kappa shape index (κ1) is 26.0. The summed E-state index contributed by atoms with van der Waals surface area (Å²) < 4.78 is 46.3. The molecule has 0 atom stereocenters. The van der Waals surface area contributed by atoms with E-state index in [1.165, 1.54) is 18.3 Å². The molecule has 1 aromatic heterocycles. The summed E-state index contributed by atoms with van der Waals surface area (Å²) in [7, 11) is 0. The smallest absolute Gasteiger partial charge is 0.416 e. The number of nitrogens with zero attached hydrogens (tertiary/aromatic N) is 3. The predicted octanol–water partition coefficient (Wildman–Crippen LogP) is 7.34. The van der Waals surface area contributed by atoms with Crippen LogP contribution in [0, 0.1) is 0 Å². The van der Waals surface area contributed by atoms with E-state index in [0.717, 1.165) is 40.8 Å². The minimum absolute atomic E-state index is 0.0734. The normalized spacial score (nSPS) is 11.4. The van der Waals surface area contributed by atoms with Crippen molar-refractivity contribution in [3.05, 3.63) is 101 Å². The molecular weight excluding hydrogens is 479 g/mol. The molecule has 0 radical (unpaired) electrons. The molecule has 0 saturated heterocycles. The molecule has 0 fully saturated rings. The first-order valence-electron chi connectivity index (χ1n) is 12.2. The van der Waals surface area contributed by atoms with Gasteiger partial charge in [-0.2, -0.15) is 23.0 Å². The van der Waals surface area contributed by atoms with Crippen molar-refractivity contribution in [3.8, 4) is 28.3 Å². The standard InChI is InChI=1S/C29H28F3N3O2/c1-3-18-34(19-4-2)26-20-33-35(24-14-12-23(13-15-24)29(30,31)32)28(36)27(26)37-25-16-10-22(11-17-25)21-8-6-5-7-9-21/h5-17,20H,3-4,18-19H2,1-2H3. The molecule has 37 heavy (non-hydrogen) atoms. The molecule has 0 bridgehead atoms. The van der Waals surface area contributed by atoms with Gasteiger partial charge in [0.15, 0.2) is 0 Å². The van der Waals surface area contributed by atoms with Crippen molar-refractivity contribution in [2.45, 2.75) is 32.9 Å². The van der Waals surface area contributed by atoms with E-state index in [1.54, 1.807) is 12.1 Å². The van der Waals surface area contributed by atoms with Crippen LogP contribution in [0.25, 0.3) is 16.8 Å². The topological polar surface area (TPSA) is 47.4 Å². The first-order chi connectivity index (χ1) is 17.8. The molecular formula is C29H28F3N3O2. The van der Waals surface area contributed by atoms with Crippen LogP contribution in [0.2, 0.25) is 0 Å². The summed E-state index contributed by atoms with van der Waals surface area (Å²) in [6.45, 7) is 5.48. The summed E-state index contributed by atoms with van der Waals surface area (Å²) in [5.41, 5.74) is 1.47. The van der Waals surface area contributed by atoms with Crippen LogP contribution in [0.1, 0.15) is 32.3 Å². The van der Waals surface area contributed by atoms with Gasteiger partial charge in [0, 0.05) is 13.1 Å². The van der Waals surface area contributed by atoms with E-state index in [0.29, 0.717) is 24.5 Å². The average molecular weight is 508 g/mol. The molecule has 0 amide bonds. The van der Waals surface area contributed by atoms with E-state index < -0.39 is 17.3 Å². The van der Waals surface area contributed by atoms with Crippen LogP contribution < -0.4 is 15.2 Å². The van der Waals surface area contributed by atoms with E-state index in [4.69, 9.17) is 4.74 Å². The zero-order valence-corrected chi connectivity index (χ0v) is 20.7. The van der Waals surface area contributed by atoms with E-state index in [2.05, 4.69) is 5.10 Å². The first-order valence-corrected chi connectivity index (χ1v) is 12.2. The number of halogens is 3. The Bertz CT molecular complexity index is 1360. The summed E-state index contributed by atoms with van der Waals surface area (Å²) in [6, 6.07) is 21.6. The summed E-state index contributed by atoms with van der Waals surface area (Å²) in [5.74, 6) is 0.542. The highest BCUT2D eigenvalue weighted by atomic mass is 19.4. The number of anilines is 1. The van der Waals surface area contributed by atoms with Crippen molar-refractivity contribution >= 4 is 5.69 Å². The highest BCUT2D eigenvalue weighted by Crippen LogP contribution is 2.32. The second-order valence-electron chi connectivity index (χ2n) is 8.60. The number of ether oxygens (including phenoxy) is 1. The van der Waals surface area contributed by atoms with Crippen molar-refractivity contribution in [1.82, 2.24) is 9.78 Å². The molecule has 1 heterocycles. The fraction of sp³-hybridized carbons (Fsp3) is 0.241. The Morgan fingerprint density at radius 1 is 0.838 bits per heavy atom. The number of hydrogen-bond donors (Lipinski definition) is 0. The van der Waals surface area contributed by atoms with E-state index in [9.17, 15) is 18.0 Å². The van der Waals surface area contributed by atoms with Crippen molar-refractivity contribution in [2.24, 2.45) is 0 Å². The van der Waals surface area contributed by atoms with Gasteiger partial charge in [-0.25, -0.2) is 0 Å². The van der Waals surface area contributed by atoms with Crippen LogP contribution in [0.15, 0.2) is 89.9 Å². The summed E-state index contributed by atoms with van der Waals surface area (Å²) in [6.07, 6.45) is -1.22. The maximum atomic E-state index is 13.6. The number of alkyl halides is 3. The zero-order chi connectivity index (χ0) is 26.4.